The van der Waals surface area contributed by atoms with Crippen LogP contribution < -0.4 is 10.5 Å². The van der Waals surface area contributed by atoms with Crippen molar-refractivity contribution in [3.63, 3.8) is 0 Å². The first-order valence-corrected chi connectivity index (χ1v) is 7.37. The number of nitrogens with two attached hydrogens (primary N) is 1. The summed E-state index contributed by atoms with van der Waals surface area (Å²) in [7, 11) is 0. The number of hydrogen-bond acceptors (Lipinski definition) is 4. The van der Waals surface area contributed by atoms with E-state index >= 15 is 0 Å². The summed E-state index contributed by atoms with van der Waals surface area (Å²) in [4.78, 5) is 5.02. The van der Waals surface area contributed by atoms with Crippen LogP contribution in [0.15, 0.2) is 35.5 Å². The van der Waals surface area contributed by atoms with Crippen molar-refractivity contribution >= 4 is 29.1 Å². The lowest BCUT2D eigenvalue weighted by Gasteiger charge is -2.09. The van der Waals surface area contributed by atoms with Gasteiger partial charge in [0.15, 0.2) is 0 Å². The molecule has 0 fully saturated rings. The van der Waals surface area contributed by atoms with Crippen molar-refractivity contribution in [2.75, 3.05) is 12.3 Å². The molecule has 98 valence electrons. The van der Waals surface area contributed by atoms with E-state index in [1.807, 2.05) is 18.2 Å². The van der Waals surface area contributed by atoms with Gasteiger partial charge in [-0.2, -0.15) is 0 Å². The summed E-state index contributed by atoms with van der Waals surface area (Å²) in [5.74, 6) is 1.78. The van der Waals surface area contributed by atoms with E-state index in [4.69, 9.17) is 22.1 Å². The molecule has 1 aromatic heterocycles. The Morgan fingerprint density at radius 2 is 2.32 bits per heavy atom. The number of halogens is 1. The molecular weight excluding hydrogens is 280 g/mol. The number of pyridine rings is 1. The van der Waals surface area contributed by atoms with Crippen molar-refractivity contribution < 1.29 is 4.74 Å². The fourth-order valence-electron chi connectivity index (χ4n) is 2.13. The van der Waals surface area contributed by atoms with E-state index in [0.29, 0.717) is 5.69 Å². The Bertz CT molecular complexity index is 618. The molecule has 0 saturated heterocycles. The van der Waals surface area contributed by atoms with Gasteiger partial charge < -0.3 is 10.5 Å². The second-order valence-corrected chi connectivity index (χ2v) is 5.81. The third kappa shape index (κ3) is 2.65. The molecule has 5 heteroatoms. The first kappa shape index (κ1) is 12.6. The smallest absolute Gasteiger partial charge is 0.126 e. The minimum atomic E-state index is 0.701. The minimum Gasteiger partial charge on any atom is -0.493 e. The lowest BCUT2D eigenvalue weighted by atomic mass is 10.1. The van der Waals surface area contributed by atoms with Crippen LogP contribution in [0, 0.1) is 0 Å². The molecule has 0 radical (unpaired) electrons. The third-order valence-corrected chi connectivity index (χ3v) is 4.37. The fraction of sp³-hybridized carbons (Fsp3) is 0.214. The fourth-order valence-corrected chi connectivity index (χ4v) is 3.30. The van der Waals surface area contributed by atoms with E-state index in [1.165, 1.54) is 5.56 Å². The van der Waals surface area contributed by atoms with Gasteiger partial charge in [0.05, 0.1) is 18.5 Å². The average molecular weight is 293 g/mol. The molecule has 2 aromatic rings. The van der Waals surface area contributed by atoms with E-state index in [0.717, 1.165) is 40.0 Å². The summed E-state index contributed by atoms with van der Waals surface area (Å²) in [5.41, 5.74) is 8.91. The monoisotopic (exact) mass is 292 g/mol. The molecule has 3 nitrogen and oxygen atoms in total. The van der Waals surface area contributed by atoms with Gasteiger partial charge in [0.25, 0.3) is 0 Å². The number of aromatic nitrogens is 1. The Morgan fingerprint density at radius 1 is 1.42 bits per heavy atom. The number of benzene rings is 1. The summed E-state index contributed by atoms with van der Waals surface area (Å²) < 4.78 is 5.69. The molecular formula is C14H13ClN2OS. The molecule has 2 heterocycles. The van der Waals surface area contributed by atoms with Crippen molar-refractivity contribution in [2.45, 2.75) is 17.1 Å². The van der Waals surface area contributed by atoms with Gasteiger partial charge in [-0.1, -0.05) is 11.6 Å². The highest BCUT2D eigenvalue weighted by atomic mass is 35.5. The predicted octanol–water partition coefficient (Wildman–Crippen LogP) is 3.54. The normalized spacial score (nSPS) is 13.1. The van der Waals surface area contributed by atoms with Crippen LogP contribution in [0.3, 0.4) is 0 Å². The summed E-state index contributed by atoms with van der Waals surface area (Å²) >= 11 is 7.81. The maximum absolute atomic E-state index is 6.14. The molecule has 0 atom stereocenters. The van der Waals surface area contributed by atoms with Crippen LogP contribution in [0.5, 0.6) is 5.75 Å². The number of thioether (sulfide) groups is 1. The van der Waals surface area contributed by atoms with Gasteiger partial charge in [0.2, 0.25) is 0 Å². The summed E-state index contributed by atoms with van der Waals surface area (Å²) in [6.45, 7) is 0.741. The van der Waals surface area contributed by atoms with Crippen molar-refractivity contribution in [3.05, 3.63) is 46.7 Å². The second-order valence-electron chi connectivity index (χ2n) is 4.35. The van der Waals surface area contributed by atoms with Gasteiger partial charge in [-0.3, -0.25) is 4.98 Å². The zero-order valence-electron chi connectivity index (χ0n) is 10.2. The molecule has 19 heavy (non-hydrogen) atoms. The summed E-state index contributed by atoms with van der Waals surface area (Å²) in [6.07, 6.45) is 4.35. The van der Waals surface area contributed by atoms with E-state index in [-0.39, 0.29) is 0 Å². The van der Waals surface area contributed by atoms with Gasteiger partial charge >= 0.3 is 0 Å². The van der Waals surface area contributed by atoms with Crippen LogP contribution in [0.4, 0.5) is 5.69 Å². The Morgan fingerprint density at radius 3 is 3.16 bits per heavy atom. The molecule has 1 aliphatic rings. The van der Waals surface area contributed by atoms with E-state index < -0.39 is 0 Å². The van der Waals surface area contributed by atoms with Gasteiger partial charge in [0, 0.05) is 33.9 Å². The molecule has 0 unspecified atom stereocenters. The lowest BCUT2D eigenvalue weighted by molar-refractivity contribution is 0.354. The molecule has 0 spiro atoms. The number of ether oxygens (including phenoxy) is 1. The lowest BCUT2D eigenvalue weighted by Crippen LogP contribution is -1.92. The van der Waals surface area contributed by atoms with E-state index in [1.54, 1.807) is 24.2 Å². The molecule has 0 aliphatic carbocycles. The first-order valence-electron chi connectivity index (χ1n) is 6.00. The Labute approximate surface area is 121 Å². The van der Waals surface area contributed by atoms with E-state index in [2.05, 4.69) is 4.98 Å². The topological polar surface area (TPSA) is 48.1 Å². The molecule has 1 aromatic carbocycles. The highest BCUT2D eigenvalue weighted by Crippen LogP contribution is 2.37. The number of anilines is 1. The van der Waals surface area contributed by atoms with E-state index in [9.17, 15) is 0 Å². The maximum atomic E-state index is 6.14. The minimum absolute atomic E-state index is 0.701. The standard InChI is InChI=1S/C14H13ClN2OS/c15-11-5-9-2-4-18-14(9)10(6-11)8-19-13-1-3-17-7-12(13)16/h1,3,5-7H,2,4,8,16H2. The van der Waals surface area contributed by atoms with Gasteiger partial charge in [0.1, 0.15) is 5.75 Å². The predicted molar refractivity (Wildman–Crippen MR) is 78.9 cm³/mol. The molecule has 1 aliphatic heterocycles. The van der Waals surface area contributed by atoms with Crippen molar-refractivity contribution in [3.8, 4) is 5.75 Å². The van der Waals surface area contributed by atoms with Gasteiger partial charge in [-0.05, 0) is 23.8 Å². The SMILES string of the molecule is Nc1cnccc1SCc1cc(Cl)cc2c1OCC2. The Hall–Kier alpha value is -1.39. The van der Waals surface area contributed by atoms with Crippen molar-refractivity contribution in [1.29, 1.82) is 0 Å². The van der Waals surface area contributed by atoms with Crippen LogP contribution in [0.2, 0.25) is 5.02 Å². The summed E-state index contributed by atoms with van der Waals surface area (Å²) in [6, 6.07) is 5.88. The van der Waals surface area contributed by atoms with Crippen LogP contribution in [-0.4, -0.2) is 11.6 Å². The second kappa shape index (κ2) is 5.31. The van der Waals surface area contributed by atoms with Crippen LogP contribution >= 0.6 is 23.4 Å². The maximum Gasteiger partial charge on any atom is 0.126 e. The molecule has 0 bridgehead atoms. The summed E-state index contributed by atoms with van der Waals surface area (Å²) in [5, 5.41) is 0.766. The number of nitrogen functional groups attached to an aromatic ring is 1. The quantitative estimate of drug-likeness (QED) is 0.879. The average Bonchev–Trinajstić information content (AvgIpc) is 2.85. The Balaban J connectivity index is 1.83. The number of rotatable bonds is 3. The highest BCUT2D eigenvalue weighted by Gasteiger charge is 2.17. The molecule has 0 amide bonds. The first-order chi connectivity index (χ1) is 9.24. The largest absolute Gasteiger partial charge is 0.493 e. The van der Waals surface area contributed by atoms with Crippen molar-refractivity contribution in [2.24, 2.45) is 0 Å². The number of hydrogen-bond donors (Lipinski definition) is 1. The molecule has 3 rings (SSSR count). The zero-order valence-corrected chi connectivity index (χ0v) is 11.8. The molecule has 2 N–H and O–H groups in total. The van der Waals surface area contributed by atoms with Crippen LogP contribution in [0.25, 0.3) is 0 Å². The zero-order chi connectivity index (χ0) is 13.2. The van der Waals surface area contributed by atoms with Gasteiger partial charge in [-0.15, -0.1) is 11.8 Å². The number of fused-ring (bicyclic) bond motifs is 1. The van der Waals surface area contributed by atoms with Crippen LogP contribution in [-0.2, 0) is 12.2 Å². The Kier molecular flexibility index (Phi) is 3.53. The molecule has 0 saturated carbocycles. The van der Waals surface area contributed by atoms with Crippen LogP contribution in [0.1, 0.15) is 11.1 Å². The third-order valence-electron chi connectivity index (χ3n) is 3.02. The van der Waals surface area contributed by atoms with Crippen molar-refractivity contribution in [1.82, 2.24) is 4.98 Å². The highest BCUT2D eigenvalue weighted by molar-refractivity contribution is 7.98. The number of nitrogens with zero attached hydrogens (tertiary/aromatic N) is 1. The van der Waals surface area contributed by atoms with Gasteiger partial charge in [-0.25, -0.2) is 0 Å².